The highest BCUT2D eigenvalue weighted by molar-refractivity contribution is 6.18. The standard InChI is InChI=1S/C10H19ClO/c1-2-4-9(8-11)7-10-5-3-6-12-10/h9-10H,2-8H2,1H3/t9?,10-/m0/s1. The smallest absolute Gasteiger partial charge is 0.0579 e. The van der Waals surface area contributed by atoms with E-state index >= 15 is 0 Å². The summed E-state index contributed by atoms with van der Waals surface area (Å²) in [5.74, 6) is 1.48. The van der Waals surface area contributed by atoms with Gasteiger partial charge in [0.15, 0.2) is 0 Å². The van der Waals surface area contributed by atoms with E-state index < -0.39 is 0 Å². The van der Waals surface area contributed by atoms with Crippen LogP contribution < -0.4 is 0 Å². The molecule has 12 heavy (non-hydrogen) atoms. The predicted octanol–water partition coefficient (Wildman–Crippen LogP) is 3.21. The lowest BCUT2D eigenvalue weighted by atomic mass is 9.97. The Morgan fingerprint density at radius 2 is 2.42 bits per heavy atom. The fourth-order valence-corrected chi connectivity index (χ4v) is 2.15. The fraction of sp³-hybridized carbons (Fsp3) is 1.00. The molecule has 1 saturated heterocycles. The Morgan fingerprint density at radius 3 is 2.92 bits per heavy atom. The second-order valence-corrected chi connectivity index (χ2v) is 3.99. The molecule has 1 aliphatic heterocycles. The minimum atomic E-state index is 0.514. The van der Waals surface area contributed by atoms with E-state index in [0.29, 0.717) is 12.0 Å². The highest BCUT2D eigenvalue weighted by atomic mass is 35.5. The van der Waals surface area contributed by atoms with E-state index in [9.17, 15) is 0 Å². The first-order valence-electron chi connectivity index (χ1n) is 5.04. The van der Waals surface area contributed by atoms with Crippen LogP contribution in [-0.4, -0.2) is 18.6 Å². The van der Waals surface area contributed by atoms with Gasteiger partial charge >= 0.3 is 0 Å². The largest absolute Gasteiger partial charge is 0.378 e. The number of hydrogen-bond acceptors (Lipinski definition) is 1. The van der Waals surface area contributed by atoms with Crippen molar-refractivity contribution < 1.29 is 4.74 Å². The van der Waals surface area contributed by atoms with Crippen molar-refractivity contribution in [1.82, 2.24) is 0 Å². The highest BCUT2D eigenvalue weighted by Crippen LogP contribution is 2.23. The molecule has 0 bridgehead atoms. The number of alkyl halides is 1. The van der Waals surface area contributed by atoms with Crippen LogP contribution in [0, 0.1) is 5.92 Å². The fourth-order valence-electron chi connectivity index (χ4n) is 1.87. The Balaban J connectivity index is 2.16. The molecule has 1 heterocycles. The van der Waals surface area contributed by atoms with Crippen LogP contribution in [0.2, 0.25) is 0 Å². The van der Waals surface area contributed by atoms with Gasteiger partial charge in [0.1, 0.15) is 0 Å². The summed E-state index contributed by atoms with van der Waals surface area (Å²) < 4.78 is 5.57. The van der Waals surface area contributed by atoms with Crippen molar-refractivity contribution >= 4 is 11.6 Å². The molecular weight excluding hydrogens is 172 g/mol. The molecule has 0 saturated carbocycles. The van der Waals surface area contributed by atoms with Gasteiger partial charge in [0.2, 0.25) is 0 Å². The van der Waals surface area contributed by atoms with E-state index in [1.54, 1.807) is 0 Å². The van der Waals surface area contributed by atoms with Gasteiger partial charge in [-0.15, -0.1) is 11.6 Å². The van der Waals surface area contributed by atoms with Crippen LogP contribution in [0.4, 0.5) is 0 Å². The van der Waals surface area contributed by atoms with Gasteiger partial charge in [-0.05, 0) is 31.6 Å². The van der Waals surface area contributed by atoms with Crippen LogP contribution in [0.3, 0.4) is 0 Å². The molecule has 0 aliphatic carbocycles. The molecule has 1 unspecified atom stereocenters. The summed E-state index contributed by atoms with van der Waals surface area (Å²) in [6.45, 7) is 3.18. The molecule has 72 valence electrons. The van der Waals surface area contributed by atoms with Crippen molar-refractivity contribution in [3.8, 4) is 0 Å². The summed E-state index contributed by atoms with van der Waals surface area (Å²) in [6.07, 6.45) is 6.67. The monoisotopic (exact) mass is 190 g/mol. The van der Waals surface area contributed by atoms with Crippen LogP contribution >= 0.6 is 11.6 Å². The van der Waals surface area contributed by atoms with Crippen LogP contribution in [0.5, 0.6) is 0 Å². The first-order chi connectivity index (χ1) is 5.86. The number of rotatable bonds is 5. The van der Waals surface area contributed by atoms with Crippen LogP contribution in [0.1, 0.15) is 39.0 Å². The normalized spacial score (nSPS) is 26.0. The Bertz CT molecular complexity index is 110. The summed E-state index contributed by atoms with van der Waals surface area (Å²) in [4.78, 5) is 0. The molecule has 0 radical (unpaired) electrons. The quantitative estimate of drug-likeness (QED) is 0.605. The van der Waals surface area contributed by atoms with Crippen molar-refractivity contribution in [2.75, 3.05) is 12.5 Å². The Hall–Kier alpha value is 0.250. The maximum Gasteiger partial charge on any atom is 0.0579 e. The average molecular weight is 191 g/mol. The molecule has 1 aliphatic rings. The molecule has 2 heteroatoms. The predicted molar refractivity (Wildman–Crippen MR) is 52.7 cm³/mol. The third kappa shape index (κ3) is 3.32. The van der Waals surface area contributed by atoms with Gasteiger partial charge in [0.25, 0.3) is 0 Å². The van der Waals surface area contributed by atoms with Crippen LogP contribution in [-0.2, 0) is 4.74 Å². The SMILES string of the molecule is CCCC(CCl)C[C@@H]1CCCO1. The minimum absolute atomic E-state index is 0.514. The van der Waals surface area contributed by atoms with Gasteiger partial charge in [0, 0.05) is 12.5 Å². The van der Waals surface area contributed by atoms with Gasteiger partial charge in [-0.1, -0.05) is 13.3 Å². The van der Waals surface area contributed by atoms with Crippen molar-refractivity contribution in [3.63, 3.8) is 0 Å². The molecule has 1 nitrogen and oxygen atoms in total. The summed E-state index contributed by atoms with van der Waals surface area (Å²) in [5.41, 5.74) is 0. The maximum atomic E-state index is 5.87. The molecule has 0 N–H and O–H groups in total. The molecule has 0 aromatic heterocycles. The van der Waals surface area contributed by atoms with Gasteiger partial charge in [0.05, 0.1) is 6.10 Å². The lowest BCUT2D eigenvalue weighted by Gasteiger charge is -2.16. The van der Waals surface area contributed by atoms with Crippen molar-refractivity contribution in [2.45, 2.75) is 45.1 Å². The molecular formula is C10H19ClO. The molecule has 0 amide bonds. The van der Waals surface area contributed by atoms with Crippen LogP contribution in [0.15, 0.2) is 0 Å². The van der Waals surface area contributed by atoms with E-state index in [1.165, 1.54) is 32.1 Å². The first-order valence-corrected chi connectivity index (χ1v) is 5.57. The van der Waals surface area contributed by atoms with Gasteiger partial charge < -0.3 is 4.74 Å². The molecule has 0 aromatic carbocycles. The number of hydrogen-bond donors (Lipinski definition) is 0. The van der Waals surface area contributed by atoms with E-state index in [0.717, 1.165) is 12.5 Å². The third-order valence-corrected chi connectivity index (χ3v) is 2.97. The molecule has 2 atom stereocenters. The van der Waals surface area contributed by atoms with E-state index in [4.69, 9.17) is 16.3 Å². The summed E-state index contributed by atoms with van der Waals surface area (Å²) in [7, 11) is 0. The first kappa shape index (κ1) is 10.3. The maximum absolute atomic E-state index is 5.87. The Morgan fingerprint density at radius 1 is 1.58 bits per heavy atom. The second-order valence-electron chi connectivity index (χ2n) is 3.68. The lowest BCUT2D eigenvalue weighted by Crippen LogP contribution is -2.13. The van der Waals surface area contributed by atoms with Crippen molar-refractivity contribution in [2.24, 2.45) is 5.92 Å². The van der Waals surface area contributed by atoms with Gasteiger partial charge in [-0.2, -0.15) is 0 Å². The summed E-state index contributed by atoms with van der Waals surface area (Å²) in [6, 6.07) is 0. The second kappa shape index (κ2) is 5.82. The average Bonchev–Trinajstić information content (AvgIpc) is 2.56. The zero-order valence-electron chi connectivity index (χ0n) is 7.89. The van der Waals surface area contributed by atoms with E-state index in [-0.39, 0.29) is 0 Å². The van der Waals surface area contributed by atoms with Gasteiger partial charge in [-0.3, -0.25) is 0 Å². The summed E-state index contributed by atoms with van der Waals surface area (Å²) >= 11 is 5.87. The number of ether oxygens (including phenoxy) is 1. The third-order valence-electron chi connectivity index (χ3n) is 2.54. The lowest BCUT2D eigenvalue weighted by molar-refractivity contribution is 0.0910. The molecule has 1 rings (SSSR count). The summed E-state index contributed by atoms with van der Waals surface area (Å²) in [5, 5.41) is 0. The topological polar surface area (TPSA) is 9.23 Å². The number of halogens is 1. The Kier molecular flexibility index (Phi) is 5.01. The van der Waals surface area contributed by atoms with E-state index in [1.807, 2.05) is 0 Å². The van der Waals surface area contributed by atoms with Crippen LogP contribution in [0.25, 0.3) is 0 Å². The van der Waals surface area contributed by atoms with Crippen molar-refractivity contribution in [3.05, 3.63) is 0 Å². The highest BCUT2D eigenvalue weighted by Gasteiger charge is 2.19. The van der Waals surface area contributed by atoms with Crippen molar-refractivity contribution in [1.29, 1.82) is 0 Å². The zero-order chi connectivity index (χ0) is 8.81. The molecule has 0 aromatic rings. The molecule has 0 spiro atoms. The Labute approximate surface area is 80.4 Å². The molecule has 1 fully saturated rings. The zero-order valence-corrected chi connectivity index (χ0v) is 8.65. The minimum Gasteiger partial charge on any atom is -0.378 e. The van der Waals surface area contributed by atoms with E-state index in [2.05, 4.69) is 6.92 Å². The van der Waals surface area contributed by atoms with Gasteiger partial charge in [-0.25, -0.2) is 0 Å².